The Balaban J connectivity index is 3.20. The summed E-state index contributed by atoms with van der Waals surface area (Å²) >= 11 is 0. The molecule has 0 aliphatic rings. The summed E-state index contributed by atoms with van der Waals surface area (Å²) < 4.78 is 0. The monoisotopic (exact) mass is 142 g/mol. The summed E-state index contributed by atoms with van der Waals surface area (Å²) in [7, 11) is -1.35. The molecule has 0 aliphatic carbocycles. The Bertz CT molecular complexity index is 109. The lowest BCUT2D eigenvalue weighted by Crippen LogP contribution is -2.37. The predicted molar refractivity (Wildman–Crippen MR) is 41.3 cm³/mol. The second kappa shape index (κ2) is 3.65. The van der Waals surface area contributed by atoms with E-state index in [9.17, 15) is 0 Å². The highest BCUT2D eigenvalue weighted by molar-refractivity contribution is 6.74. The van der Waals surface area contributed by atoms with Gasteiger partial charge < -0.3 is 5.40 Å². The van der Waals surface area contributed by atoms with Crippen molar-refractivity contribution in [2.75, 3.05) is 0 Å². The fourth-order valence-corrected chi connectivity index (χ4v) is 1.71. The zero-order chi connectivity index (χ0) is 7.33. The third kappa shape index (κ3) is 7.67. The molecular formula is C6H14N2Si. The summed E-state index contributed by atoms with van der Waals surface area (Å²) in [6, 6.07) is 3.18. The van der Waals surface area contributed by atoms with Crippen LogP contribution in [0.25, 0.3) is 0 Å². The van der Waals surface area contributed by atoms with Gasteiger partial charge in [0, 0.05) is 6.42 Å². The first-order valence-corrected chi connectivity index (χ1v) is 6.50. The highest BCUT2D eigenvalue weighted by Crippen LogP contribution is 2.05. The molecule has 0 heterocycles. The molecular weight excluding hydrogens is 128 g/mol. The van der Waals surface area contributed by atoms with Gasteiger partial charge in [0.15, 0.2) is 0 Å². The standard InChI is InChI=1S/C6H14N2Si/c1-9(2,8)6-4-3-5-7/h3-4,6,8H2,1-2H3. The molecule has 0 bridgehead atoms. The van der Waals surface area contributed by atoms with Gasteiger partial charge >= 0.3 is 0 Å². The fourth-order valence-electron chi connectivity index (χ4n) is 0.623. The summed E-state index contributed by atoms with van der Waals surface area (Å²) in [4.78, 5) is 0. The van der Waals surface area contributed by atoms with Crippen molar-refractivity contribution in [2.45, 2.75) is 32.0 Å². The molecule has 0 atom stereocenters. The summed E-state index contributed by atoms with van der Waals surface area (Å²) in [5.74, 6) is 0. The number of hydrogen-bond acceptors (Lipinski definition) is 2. The molecule has 52 valence electrons. The van der Waals surface area contributed by atoms with Crippen molar-refractivity contribution in [3.8, 4) is 6.07 Å². The van der Waals surface area contributed by atoms with Crippen molar-refractivity contribution in [1.29, 1.82) is 5.26 Å². The molecule has 0 fully saturated rings. The van der Waals surface area contributed by atoms with Gasteiger partial charge in [0.1, 0.15) is 8.24 Å². The molecule has 0 unspecified atom stereocenters. The number of nitrogens with two attached hydrogens (primary N) is 1. The van der Waals surface area contributed by atoms with E-state index in [2.05, 4.69) is 19.2 Å². The molecule has 0 radical (unpaired) electrons. The maximum absolute atomic E-state index is 8.19. The molecule has 0 rings (SSSR count). The fraction of sp³-hybridized carbons (Fsp3) is 0.833. The van der Waals surface area contributed by atoms with Crippen LogP contribution in [0.4, 0.5) is 0 Å². The van der Waals surface area contributed by atoms with Gasteiger partial charge in [-0.3, -0.25) is 0 Å². The lowest BCUT2D eigenvalue weighted by Gasteiger charge is -2.12. The summed E-state index contributed by atoms with van der Waals surface area (Å²) in [6.45, 7) is 4.23. The molecule has 0 aromatic rings. The van der Waals surface area contributed by atoms with Gasteiger partial charge in [0.25, 0.3) is 0 Å². The zero-order valence-electron chi connectivity index (χ0n) is 6.15. The maximum atomic E-state index is 8.19. The van der Waals surface area contributed by atoms with E-state index in [4.69, 9.17) is 10.7 Å². The lowest BCUT2D eigenvalue weighted by atomic mass is 10.4. The minimum absolute atomic E-state index is 0.660. The van der Waals surface area contributed by atoms with Crippen molar-refractivity contribution in [3.63, 3.8) is 0 Å². The second-order valence-corrected chi connectivity index (χ2v) is 7.48. The largest absolute Gasteiger partial charge is 0.351 e. The van der Waals surface area contributed by atoms with Gasteiger partial charge in [-0.2, -0.15) is 5.26 Å². The van der Waals surface area contributed by atoms with Crippen molar-refractivity contribution in [3.05, 3.63) is 0 Å². The van der Waals surface area contributed by atoms with Crippen LogP contribution in [0.5, 0.6) is 0 Å². The van der Waals surface area contributed by atoms with Crippen LogP contribution in [-0.4, -0.2) is 8.24 Å². The third-order valence-electron chi connectivity index (χ3n) is 1.11. The van der Waals surface area contributed by atoms with Gasteiger partial charge in [-0.15, -0.1) is 0 Å². The Morgan fingerprint density at radius 3 is 2.44 bits per heavy atom. The molecule has 0 aliphatic heterocycles. The van der Waals surface area contributed by atoms with Gasteiger partial charge in [-0.1, -0.05) is 13.1 Å². The van der Waals surface area contributed by atoms with E-state index >= 15 is 0 Å². The van der Waals surface area contributed by atoms with Crippen molar-refractivity contribution >= 4 is 8.24 Å². The molecule has 0 saturated carbocycles. The number of hydrogen-bond donors (Lipinski definition) is 1. The number of nitriles is 1. The highest BCUT2D eigenvalue weighted by atomic mass is 28.3. The maximum Gasteiger partial charge on any atom is 0.116 e. The minimum atomic E-state index is -1.35. The first-order valence-electron chi connectivity index (χ1n) is 3.22. The van der Waals surface area contributed by atoms with Crippen LogP contribution in [0.1, 0.15) is 12.8 Å². The van der Waals surface area contributed by atoms with E-state index in [1.807, 2.05) is 0 Å². The molecule has 3 heteroatoms. The van der Waals surface area contributed by atoms with Crippen LogP contribution in [0.2, 0.25) is 19.1 Å². The number of rotatable bonds is 3. The van der Waals surface area contributed by atoms with E-state index in [-0.39, 0.29) is 0 Å². The van der Waals surface area contributed by atoms with Crippen molar-refractivity contribution in [2.24, 2.45) is 5.40 Å². The number of nitrogens with zero attached hydrogens (tertiary/aromatic N) is 1. The molecule has 0 saturated heterocycles. The smallest absolute Gasteiger partial charge is 0.116 e. The highest BCUT2D eigenvalue weighted by Gasteiger charge is 2.12. The Hall–Kier alpha value is -0.333. The SMILES string of the molecule is C[Si](C)(N)CCCC#N. The van der Waals surface area contributed by atoms with Crippen LogP contribution in [0.15, 0.2) is 0 Å². The summed E-state index contributed by atoms with van der Waals surface area (Å²) in [5, 5.41) is 14.0. The van der Waals surface area contributed by atoms with Gasteiger partial charge in [0.2, 0.25) is 0 Å². The lowest BCUT2D eigenvalue weighted by molar-refractivity contribution is 0.940. The average molecular weight is 142 g/mol. The topological polar surface area (TPSA) is 49.8 Å². The van der Waals surface area contributed by atoms with E-state index < -0.39 is 8.24 Å². The molecule has 0 amide bonds. The van der Waals surface area contributed by atoms with Crippen LogP contribution < -0.4 is 5.40 Å². The van der Waals surface area contributed by atoms with Crippen LogP contribution >= 0.6 is 0 Å². The summed E-state index contributed by atoms with van der Waals surface area (Å²) in [6.07, 6.45) is 1.64. The molecule has 0 aromatic carbocycles. The molecule has 2 nitrogen and oxygen atoms in total. The number of unbranched alkanes of at least 4 members (excludes halogenated alkanes) is 1. The van der Waals surface area contributed by atoms with Crippen LogP contribution in [0.3, 0.4) is 0 Å². The van der Waals surface area contributed by atoms with Crippen LogP contribution in [0, 0.1) is 11.3 Å². The molecule has 2 N–H and O–H groups in total. The molecule has 9 heavy (non-hydrogen) atoms. The Morgan fingerprint density at radius 2 is 2.11 bits per heavy atom. The Labute approximate surface area is 57.8 Å². The van der Waals surface area contributed by atoms with Gasteiger partial charge in [0.05, 0.1) is 6.07 Å². The third-order valence-corrected chi connectivity index (χ3v) is 2.75. The second-order valence-electron chi connectivity index (χ2n) is 3.00. The van der Waals surface area contributed by atoms with Crippen molar-refractivity contribution in [1.82, 2.24) is 0 Å². The average Bonchev–Trinajstić information content (AvgIpc) is 1.63. The van der Waals surface area contributed by atoms with Crippen LogP contribution in [-0.2, 0) is 0 Å². The Morgan fingerprint density at radius 1 is 1.56 bits per heavy atom. The van der Waals surface area contributed by atoms with E-state index in [1.165, 1.54) is 0 Å². The van der Waals surface area contributed by atoms with E-state index in [1.54, 1.807) is 0 Å². The molecule has 0 spiro atoms. The van der Waals surface area contributed by atoms with Crippen molar-refractivity contribution < 1.29 is 0 Å². The zero-order valence-corrected chi connectivity index (χ0v) is 7.15. The van der Waals surface area contributed by atoms with Gasteiger partial charge in [-0.05, 0) is 12.5 Å². The molecule has 0 aromatic heterocycles. The van der Waals surface area contributed by atoms with E-state index in [0.717, 1.165) is 12.5 Å². The minimum Gasteiger partial charge on any atom is -0.351 e. The van der Waals surface area contributed by atoms with Gasteiger partial charge in [-0.25, -0.2) is 0 Å². The normalized spacial score (nSPS) is 10.9. The quantitative estimate of drug-likeness (QED) is 0.479. The Kier molecular flexibility index (Phi) is 3.51. The van der Waals surface area contributed by atoms with E-state index in [0.29, 0.717) is 6.42 Å². The summed E-state index contributed by atoms with van der Waals surface area (Å²) in [5.41, 5.74) is 0. The first-order chi connectivity index (χ1) is 4.06. The first kappa shape index (κ1) is 8.67. The predicted octanol–water partition coefficient (Wildman–Crippen LogP) is 1.45.